The third-order valence-electron chi connectivity index (χ3n) is 3.14. The van der Waals surface area contributed by atoms with Crippen LogP contribution < -0.4 is 0 Å². The summed E-state index contributed by atoms with van der Waals surface area (Å²) in [5.74, 6) is 0. The molecule has 15 heavy (non-hydrogen) atoms. The van der Waals surface area contributed by atoms with E-state index in [1.165, 1.54) is 19.5 Å². The third kappa shape index (κ3) is 6.16. The molecule has 0 radical (unpaired) electrons. The summed E-state index contributed by atoms with van der Waals surface area (Å²) >= 11 is 0. The van der Waals surface area contributed by atoms with Crippen molar-refractivity contribution in [3.05, 3.63) is 0 Å². The highest BCUT2D eigenvalue weighted by Gasteiger charge is 2.13. The van der Waals surface area contributed by atoms with Crippen molar-refractivity contribution in [2.75, 3.05) is 20.1 Å². The maximum Gasteiger partial charge on any atom is 0.00413 e. The van der Waals surface area contributed by atoms with Gasteiger partial charge >= 0.3 is 0 Å². The van der Waals surface area contributed by atoms with E-state index >= 15 is 0 Å². The van der Waals surface area contributed by atoms with Crippen LogP contribution in [0.4, 0.5) is 0 Å². The second kappa shape index (κ2) is 7.24. The molecule has 2 nitrogen and oxygen atoms in total. The Bertz CT molecular complexity index is 145. The molecule has 0 aromatic carbocycles. The normalized spacial score (nSPS) is 12.8. The number of hydrogen-bond donors (Lipinski definition) is 0. The van der Waals surface area contributed by atoms with Gasteiger partial charge in [0.25, 0.3) is 0 Å². The lowest BCUT2D eigenvalue weighted by atomic mass is 10.2. The molecule has 0 saturated heterocycles. The quantitative estimate of drug-likeness (QED) is 0.643. The summed E-state index contributed by atoms with van der Waals surface area (Å²) in [6, 6.07) is 1.99. The predicted molar refractivity (Wildman–Crippen MR) is 69.4 cm³/mol. The van der Waals surface area contributed by atoms with Gasteiger partial charge in [-0.2, -0.15) is 0 Å². The fourth-order valence-electron chi connectivity index (χ4n) is 1.87. The summed E-state index contributed by atoms with van der Waals surface area (Å²) in [6.45, 7) is 16.1. The van der Waals surface area contributed by atoms with Crippen LogP contribution in [0.2, 0.25) is 0 Å². The second-order valence-electron chi connectivity index (χ2n) is 5.35. The first-order valence-electron chi connectivity index (χ1n) is 6.32. The molecule has 0 fully saturated rings. The van der Waals surface area contributed by atoms with Crippen molar-refractivity contribution in [1.29, 1.82) is 0 Å². The first kappa shape index (κ1) is 14.9. The summed E-state index contributed by atoms with van der Waals surface area (Å²) in [4.78, 5) is 4.98. The Balaban J connectivity index is 3.81. The van der Waals surface area contributed by atoms with Crippen LogP contribution >= 0.6 is 0 Å². The molecule has 0 aliphatic carbocycles. The number of nitrogens with zero attached hydrogens (tertiary/aromatic N) is 2. The Morgan fingerprint density at radius 1 is 0.733 bits per heavy atom. The molecular weight excluding hydrogens is 184 g/mol. The lowest BCUT2D eigenvalue weighted by Crippen LogP contribution is -2.39. The highest BCUT2D eigenvalue weighted by Crippen LogP contribution is 2.06. The maximum absolute atomic E-state index is 2.56. The molecule has 0 saturated carbocycles. The largest absolute Gasteiger partial charge is 0.304 e. The van der Waals surface area contributed by atoms with Gasteiger partial charge in [0.2, 0.25) is 0 Å². The Hall–Kier alpha value is -0.0800. The van der Waals surface area contributed by atoms with Gasteiger partial charge in [0, 0.05) is 18.1 Å². The van der Waals surface area contributed by atoms with Crippen molar-refractivity contribution in [3.63, 3.8) is 0 Å². The fraction of sp³-hybridized carbons (Fsp3) is 1.00. The zero-order valence-corrected chi connectivity index (χ0v) is 11.7. The Labute approximate surface area is 96.6 Å². The second-order valence-corrected chi connectivity index (χ2v) is 5.35. The molecule has 0 amide bonds. The van der Waals surface area contributed by atoms with Crippen molar-refractivity contribution < 1.29 is 0 Å². The topological polar surface area (TPSA) is 6.48 Å². The SMILES string of the molecule is CC(C)N(C)CCCN(C(C)C)C(C)C. The summed E-state index contributed by atoms with van der Waals surface area (Å²) in [5.41, 5.74) is 0. The zero-order valence-electron chi connectivity index (χ0n) is 11.7. The Morgan fingerprint density at radius 3 is 1.53 bits per heavy atom. The average molecular weight is 214 g/mol. The molecule has 0 atom stereocenters. The van der Waals surface area contributed by atoms with Crippen LogP contribution in [0.1, 0.15) is 48.0 Å². The lowest BCUT2D eigenvalue weighted by Gasteiger charge is -2.31. The van der Waals surface area contributed by atoms with Crippen molar-refractivity contribution in [2.24, 2.45) is 0 Å². The van der Waals surface area contributed by atoms with Crippen LogP contribution in [-0.2, 0) is 0 Å². The van der Waals surface area contributed by atoms with E-state index < -0.39 is 0 Å². The molecule has 0 bridgehead atoms. The predicted octanol–water partition coefficient (Wildman–Crippen LogP) is 2.84. The Morgan fingerprint density at radius 2 is 1.20 bits per heavy atom. The van der Waals surface area contributed by atoms with E-state index in [0.717, 1.165) is 0 Å². The number of rotatable bonds is 7. The Kier molecular flexibility index (Phi) is 7.20. The van der Waals surface area contributed by atoms with E-state index in [1.807, 2.05) is 0 Å². The summed E-state index contributed by atoms with van der Waals surface area (Å²) in [5, 5.41) is 0. The van der Waals surface area contributed by atoms with Crippen molar-refractivity contribution in [1.82, 2.24) is 9.80 Å². The zero-order chi connectivity index (χ0) is 12.0. The summed E-state index contributed by atoms with van der Waals surface area (Å²) in [7, 11) is 2.21. The van der Waals surface area contributed by atoms with Gasteiger partial charge in [-0.1, -0.05) is 0 Å². The van der Waals surface area contributed by atoms with Gasteiger partial charge in [0.05, 0.1) is 0 Å². The molecule has 0 aromatic heterocycles. The molecule has 92 valence electrons. The first-order chi connectivity index (χ1) is 6.86. The van der Waals surface area contributed by atoms with Crippen molar-refractivity contribution >= 4 is 0 Å². The van der Waals surface area contributed by atoms with E-state index in [4.69, 9.17) is 0 Å². The lowest BCUT2D eigenvalue weighted by molar-refractivity contribution is 0.160. The highest BCUT2D eigenvalue weighted by molar-refractivity contribution is 4.68. The van der Waals surface area contributed by atoms with Crippen LogP contribution in [0.25, 0.3) is 0 Å². The fourth-order valence-corrected chi connectivity index (χ4v) is 1.87. The van der Waals surface area contributed by atoms with Crippen molar-refractivity contribution in [2.45, 2.75) is 66.1 Å². The van der Waals surface area contributed by atoms with Crippen LogP contribution in [0.5, 0.6) is 0 Å². The van der Waals surface area contributed by atoms with Gasteiger partial charge in [0.15, 0.2) is 0 Å². The minimum atomic E-state index is 0.661. The van der Waals surface area contributed by atoms with Crippen LogP contribution in [0.3, 0.4) is 0 Å². The molecule has 0 aromatic rings. The van der Waals surface area contributed by atoms with E-state index in [9.17, 15) is 0 Å². The average Bonchev–Trinajstić information content (AvgIpc) is 2.10. The van der Waals surface area contributed by atoms with Gasteiger partial charge in [-0.25, -0.2) is 0 Å². The van der Waals surface area contributed by atoms with E-state index in [2.05, 4.69) is 58.4 Å². The van der Waals surface area contributed by atoms with E-state index in [0.29, 0.717) is 18.1 Å². The maximum atomic E-state index is 2.56. The third-order valence-corrected chi connectivity index (χ3v) is 3.14. The summed E-state index contributed by atoms with van der Waals surface area (Å²) < 4.78 is 0. The van der Waals surface area contributed by atoms with Crippen LogP contribution in [-0.4, -0.2) is 48.1 Å². The monoisotopic (exact) mass is 214 g/mol. The summed E-state index contributed by atoms with van der Waals surface area (Å²) in [6.07, 6.45) is 1.27. The molecule has 2 heteroatoms. The van der Waals surface area contributed by atoms with Gasteiger partial charge in [-0.3, -0.25) is 4.90 Å². The molecule has 0 rings (SSSR count). The molecule has 0 spiro atoms. The number of hydrogen-bond acceptors (Lipinski definition) is 2. The minimum absolute atomic E-state index is 0.661. The molecule has 0 aliphatic rings. The molecule has 0 unspecified atom stereocenters. The van der Waals surface area contributed by atoms with Crippen LogP contribution in [0, 0.1) is 0 Å². The van der Waals surface area contributed by atoms with E-state index in [-0.39, 0.29) is 0 Å². The minimum Gasteiger partial charge on any atom is -0.304 e. The molecule has 0 aliphatic heterocycles. The molecule has 0 N–H and O–H groups in total. The van der Waals surface area contributed by atoms with Crippen molar-refractivity contribution in [3.8, 4) is 0 Å². The van der Waals surface area contributed by atoms with E-state index in [1.54, 1.807) is 0 Å². The smallest absolute Gasteiger partial charge is 0.00413 e. The standard InChI is InChI=1S/C13H30N2/c1-11(2)14(7)9-8-10-15(12(3)4)13(5)6/h11-13H,8-10H2,1-7H3. The van der Waals surface area contributed by atoms with Crippen LogP contribution in [0.15, 0.2) is 0 Å². The van der Waals surface area contributed by atoms with Gasteiger partial charge in [0.1, 0.15) is 0 Å². The molecular formula is C13H30N2. The van der Waals surface area contributed by atoms with Gasteiger partial charge in [-0.15, -0.1) is 0 Å². The van der Waals surface area contributed by atoms with Gasteiger partial charge in [-0.05, 0) is 68.1 Å². The highest BCUT2D eigenvalue weighted by atomic mass is 15.2. The molecule has 0 heterocycles. The first-order valence-corrected chi connectivity index (χ1v) is 6.32. The van der Waals surface area contributed by atoms with Gasteiger partial charge < -0.3 is 4.90 Å².